The Morgan fingerprint density at radius 3 is 2.67 bits per heavy atom. The van der Waals surface area contributed by atoms with Crippen LogP contribution in [0.3, 0.4) is 0 Å². The van der Waals surface area contributed by atoms with Crippen LogP contribution >= 0.6 is 22.9 Å². The Kier molecular flexibility index (Phi) is 7.20. The minimum absolute atomic E-state index is 0.104. The summed E-state index contributed by atoms with van der Waals surface area (Å²) in [4.78, 5) is 30.2. The van der Waals surface area contributed by atoms with Crippen LogP contribution in [0.4, 0.5) is 15.5 Å². The molecule has 2 amide bonds. The zero-order chi connectivity index (χ0) is 21.7. The first kappa shape index (κ1) is 22.4. The number of benzene rings is 1. The van der Waals surface area contributed by atoms with Gasteiger partial charge in [0.15, 0.2) is 0 Å². The Labute approximate surface area is 185 Å². The molecule has 2 heterocycles. The summed E-state index contributed by atoms with van der Waals surface area (Å²) in [5.74, 6) is -0.785. The Hall–Kier alpha value is -2.32. The number of urea groups is 1. The Morgan fingerprint density at radius 2 is 2.00 bits per heavy atom. The van der Waals surface area contributed by atoms with Gasteiger partial charge in [0.25, 0.3) is 0 Å². The van der Waals surface area contributed by atoms with E-state index in [0.29, 0.717) is 23.6 Å². The maximum absolute atomic E-state index is 12.2. The number of carboxylic acid groups (broad SMARTS) is 1. The third-order valence-corrected chi connectivity index (χ3v) is 6.80. The van der Waals surface area contributed by atoms with Crippen molar-refractivity contribution in [3.05, 3.63) is 40.5 Å². The molecule has 1 aliphatic heterocycles. The van der Waals surface area contributed by atoms with Crippen molar-refractivity contribution in [2.75, 3.05) is 23.3 Å². The maximum atomic E-state index is 12.2. The van der Waals surface area contributed by atoms with Crippen LogP contribution in [0.2, 0.25) is 5.02 Å². The van der Waals surface area contributed by atoms with Crippen LogP contribution in [0.25, 0.3) is 0 Å². The molecule has 2 aromatic rings. The van der Waals surface area contributed by atoms with E-state index in [0.717, 1.165) is 35.9 Å². The molecule has 1 aromatic carbocycles. The van der Waals surface area contributed by atoms with Crippen molar-refractivity contribution in [2.24, 2.45) is 5.41 Å². The molecule has 3 N–H and O–H groups in total. The van der Waals surface area contributed by atoms with Gasteiger partial charge in [-0.25, -0.2) is 9.78 Å². The zero-order valence-electron chi connectivity index (χ0n) is 17.2. The summed E-state index contributed by atoms with van der Waals surface area (Å²) >= 11 is 7.70. The number of rotatable bonds is 7. The second kappa shape index (κ2) is 9.66. The summed E-state index contributed by atoms with van der Waals surface area (Å²) in [6.45, 7) is 5.14. The van der Waals surface area contributed by atoms with Gasteiger partial charge in [0, 0.05) is 25.6 Å². The van der Waals surface area contributed by atoms with Crippen LogP contribution in [0.1, 0.15) is 38.1 Å². The van der Waals surface area contributed by atoms with Crippen LogP contribution in [-0.2, 0) is 11.2 Å². The van der Waals surface area contributed by atoms with E-state index in [2.05, 4.69) is 20.5 Å². The largest absolute Gasteiger partial charge is 0.481 e. The molecule has 1 aliphatic rings. The van der Waals surface area contributed by atoms with Crippen molar-refractivity contribution < 1.29 is 14.7 Å². The fourth-order valence-corrected chi connectivity index (χ4v) is 4.39. The summed E-state index contributed by atoms with van der Waals surface area (Å²) in [7, 11) is 0. The Balaban J connectivity index is 1.45. The van der Waals surface area contributed by atoms with Gasteiger partial charge in [-0.15, -0.1) is 11.3 Å². The van der Waals surface area contributed by atoms with E-state index in [1.165, 1.54) is 0 Å². The van der Waals surface area contributed by atoms with E-state index in [9.17, 15) is 14.7 Å². The molecule has 30 heavy (non-hydrogen) atoms. The minimum Gasteiger partial charge on any atom is -0.481 e. The number of hydrogen-bond donors (Lipinski definition) is 3. The minimum atomic E-state index is -0.785. The lowest BCUT2D eigenvalue weighted by Gasteiger charge is -2.32. The van der Waals surface area contributed by atoms with Gasteiger partial charge in [-0.1, -0.05) is 23.7 Å². The van der Waals surface area contributed by atoms with Crippen LogP contribution in [0, 0.1) is 5.41 Å². The number of carboxylic acids is 1. The van der Waals surface area contributed by atoms with Crippen LogP contribution in [0.15, 0.2) is 30.5 Å². The molecule has 3 rings (SSSR count). The van der Waals surface area contributed by atoms with Crippen molar-refractivity contribution in [3.63, 3.8) is 0 Å². The van der Waals surface area contributed by atoms with Gasteiger partial charge in [-0.2, -0.15) is 0 Å². The van der Waals surface area contributed by atoms with Crippen molar-refractivity contribution in [1.29, 1.82) is 0 Å². The number of aromatic nitrogens is 1. The monoisotopic (exact) mass is 450 g/mol. The second-order valence-corrected chi connectivity index (χ2v) is 9.62. The van der Waals surface area contributed by atoms with Gasteiger partial charge in [-0.05, 0) is 45.2 Å². The molecule has 0 spiro atoms. The van der Waals surface area contributed by atoms with Gasteiger partial charge >= 0.3 is 12.0 Å². The molecule has 1 saturated heterocycles. The summed E-state index contributed by atoms with van der Waals surface area (Å²) in [5.41, 5.74) is -0.155. The number of aliphatic carboxylic acids is 1. The highest BCUT2D eigenvalue weighted by atomic mass is 35.5. The van der Waals surface area contributed by atoms with E-state index < -0.39 is 11.4 Å². The van der Waals surface area contributed by atoms with Crippen LogP contribution in [0.5, 0.6) is 0 Å². The van der Waals surface area contributed by atoms with E-state index in [4.69, 9.17) is 11.6 Å². The first-order valence-electron chi connectivity index (χ1n) is 10.00. The lowest BCUT2D eigenvalue weighted by Crippen LogP contribution is -2.45. The SMILES string of the molecule is CC(C)(CCc1ncc(N2CCC(NC(=O)Nc3ccccc3Cl)CC2)s1)C(=O)O. The number of halogens is 1. The molecule has 0 radical (unpaired) electrons. The predicted molar refractivity (Wildman–Crippen MR) is 121 cm³/mol. The molecule has 0 bridgehead atoms. The summed E-state index contributed by atoms with van der Waals surface area (Å²) < 4.78 is 0. The van der Waals surface area contributed by atoms with Gasteiger partial charge < -0.3 is 20.6 Å². The number of nitrogens with zero attached hydrogens (tertiary/aromatic N) is 2. The highest BCUT2D eigenvalue weighted by molar-refractivity contribution is 7.15. The van der Waals surface area contributed by atoms with E-state index in [1.807, 2.05) is 18.3 Å². The number of aryl methyl sites for hydroxylation is 1. The quantitative estimate of drug-likeness (QED) is 0.571. The van der Waals surface area contributed by atoms with E-state index in [-0.39, 0.29) is 12.1 Å². The van der Waals surface area contributed by atoms with Gasteiger partial charge in [0.2, 0.25) is 0 Å². The fourth-order valence-electron chi connectivity index (χ4n) is 3.24. The summed E-state index contributed by atoms with van der Waals surface area (Å²) in [6, 6.07) is 7.01. The number of anilines is 2. The Bertz CT molecular complexity index is 894. The standard InChI is InChI=1S/C21H27ClN4O3S/c1-21(2,19(27)28)10-7-17-23-13-18(30-17)26-11-8-14(9-12-26)24-20(29)25-16-6-4-3-5-15(16)22/h3-6,13-14H,7-12H2,1-2H3,(H,27,28)(H2,24,25,29). The number of carbonyl (C=O) groups is 2. The third-order valence-electron chi connectivity index (χ3n) is 5.35. The third kappa shape index (κ3) is 5.86. The number of para-hydroxylation sites is 1. The molecule has 0 atom stereocenters. The highest BCUT2D eigenvalue weighted by Gasteiger charge is 2.27. The van der Waals surface area contributed by atoms with Crippen molar-refractivity contribution in [2.45, 2.75) is 45.6 Å². The van der Waals surface area contributed by atoms with E-state index >= 15 is 0 Å². The average molecular weight is 451 g/mol. The molecular formula is C21H27ClN4O3S. The molecular weight excluding hydrogens is 424 g/mol. The lowest BCUT2D eigenvalue weighted by molar-refractivity contribution is -0.147. The topological polar surface area (TPSA) is 94.6 Å². The predicted octanol–water partition coefficient (Wildman–Crippen LogP) is 4.63. The molecule has 0 unspecified atom stereocenters. The molecule has 0 aliphatic carbocycles. The van der Waals surface area contributed by atoms with E-state index in [1.54, 1.807) is 37.3 Å². The first-order valence-corrected chi connectivity index (χ1v) is 11.2. The summed E-state index contributed by atoms with van der Waals surface area (Å²) in [5, 5.41) is 17.6. The number of carbonyl (C=O) groups excluding carboxylic acids is 1. The molecule has 7 nitrogen and oxygen atoms in total. The Morgan fingerprint density at radius 1 is 1.30 bits per heavy atom. The number of nitrogens with one attached hydrogen (secondary N) is 2. The second-order valence-electron chi connectivity index (χ2n) is 8.12. The molecule has 1 fully saturated rings. The fraction of sp³-hybridized carbons (Fsp3) is 0.476. The number of piperidine rings is 1. The lowest BCUT2D eigenvalue weighted by atomic mass is 9.88. The zero-order valence-corrected chi connectivity index (χ0v) is 18.7. The van der Waals surface area contributed by atoms with Crippen molar-refractivity contribution >= 4 is 45.6 Å². The highest BCUT2D eigenvalue weighted by Crippen LogP contribution is 2.30. The van der Waals surface area contributed by atoms with Gasteiger partial charge in [0.1, 0.15) is 5.00 Å². The van der Waals surface area contributed by atoms with Crippen molar-refractivity contribution in [1.82, 2.24) is 10.3 Å². The number of amides is 2. The van der Waals surface area contributed by atoms with Crippen LogP contribution in [-0.4, -0.2) is 41.2 Å². The number of thiazole rings is 1. The maximum Gasteiger partial charge on any atom is 0.319 e. The van der Waals surface area contributed by atoms with Crippen molar-refractivity contribution in [3.8, 4) is 0 Å². The molecule has 0 saturated carbocycles. The molecule has 162 valence electrons. The van der Waals surface area contributed by atoms with Gasteiger partial charge in [-0.3, -0.25) is 4.79 Å². The number of hydrogen-bond acceptors (Lipinski definition) is 5. The van der Waals surface area contributed by atoms with Gasteiger partial charge in [0.05, 0.1) is 27.3 Å². The summed E-state index contributed by atoms with van der Waals surface area (Å²) in [6.07, 6.45) is 4.77. The smallest absolute Gasteiger partial charge is 0.319 e. The average Bonchev–Trinajstić information content (AvgIpc) is 3.18. The molecule has 9 heteroatoms. The first-order chi connectivity index (χ1) is 14.2. The molecule has 1 aromatic heterocycles. The normalized spacial score (nSPS) is 15.1. The van der Waals surface area contributed by atoms with Crippen LogP contribution < -0.4 is 15.5 Å².